The van der Waals surface area contributed by atoms with Crippen LogP contribution in [0.2, 0.25) is 0 Å². The minimum atomic E-state index is 0.662. The molecule has 1 heteroatoms. The maximum absolute atomic E-state index is 3.82. The van der Waals surface area contributed by atoms with E-state index in [9.17, 15) is 0 Å². The van der Waals surface area contributed by atoms with Gasteiger partial charge in [-0.15, -0.1) is 6.58 Å². The zero-order valence-corrected chi connectivity index (χ0v) is 11.2. The van der Waals surface area contributed by atoms with E-state index in [0.29, 0.717) is 5.92 Å². The molecule has 0 heterocycles. The third-order valence-electron chi connectivity index (χ3n) is 2.57. The van der Waals surface area contributed by atoms with E-state index in [2.05, 4.69) is 62.7 Å². The molecule has 0 aliphatic heterocycles. The minimum absolute atomic E-state index is 0.662. The van der Waals surface area contributed by atoms with E-state index < -0.39 is 0 Å². The molecule has 1 rings (SSSR count). The quantitative estimate of drug-likeness (QED) is 0.661. The van der Waals surface area contributed by atoms with E-state index in [1.165, 1.54) is 11.1 Å². The van der Waals surface area contributed by atoms with Gasteiger partial charge in [-0.25, -0.2) is 0 Å². The molecule has 0 saturated carbocycles. The number of hydrogen-bond acceptors (Lipinski definition) is 1. The summed E-state index contributed by atoms with van der Waals surface area (Å²) in [6.45, 7) is 12.4. The van der Waals surface area contributed by atoms with Gasteiger partial charge in [0, 0.05) is 19.3 Å². The van der Waals surface area contributed by atoms with Crippen molar-refractivity contribution in [3.05, 3.63) is 54.8 Å². The first-order valence-electron chi connectivity index (χ1n) is 6.22. The first-order valence-corrected chi connectivity index (χ1v) is 6.22. The molecule has 0 aliphatic rings. The molecule has 1 aromatic rings. The summed E-state index contributed by atoms with van der Waals surface area (Å²) >= 11 is 0. The fraction of sp³-hybridized carbons (Fsp3) is 0.375. The largest absolute Gasteiger partial charge is 0.373 e. The second kappa shape index (κ2) is 6.95. The van der Waals surface area contributed by atoms with Crippen LogP contribution >= 0.6 is 0 Å². The van der Waals surface area contributed by atoms with Gasteiger partial charge >= 0.3 is 0 Å². The predicted molar refractivity (Wildman–Crippen MR) is 76.7 cm³/mol. The fourth-order valence-electron chi connectivity index (χ4n) is 1.86. The highest BCUT2D eigenvalue weighted by molar-refractivity contribution is 5.63. The molecule has 0 bridgehead atoms. The van der Waals surface area contributed by atoms with E-state index in [0.717, 1.165) is 13.1 Å². The molecule has 0 aromatic heterocycles. The summed E-state index contributed by atoms with van der Waals surface area (Å²) < 4.78 is 0. The molecule has 0 unspecified atom stereocenters. The lowest BCUT2D eigenvalue weighted by molar-refractivity contribution is 0.361. The topological polar surface area (TPSA) is 3.24 Å². The van der Waals surface area contributed by atoms with Crippen molar-refractivity contribution in [2.24, 2.45) is 5.92 Å². The van der Waals surface area contributed by atoms with E-state index in [4.69, 9.17) is 0 Å². The molecule has 0 fully saturated rings. The van der Waals surface area contributed by atoms with Crippen LogP contribution in [0.25, 0.3) is 5.57 Å². The van der Waals surface area contributed by atoms with Gasteiger partial charge < -0.3 is 4.90 Å². The molecule has 1 nitrogen and oxygen atoms in total. The SMILES string of the molecule is C=CCN(C=C(C)c1ccccc1)CC(C)C. The van der Waals surface area contributed by atoms with Crippen molar-refractivity contribution in [3.8, 4) is 0 Å². The number of nitrogens with zero attached hydrogens (tertiary/aromatic N) is 1. The van der Waals surface area contributed by atoms with Gasteiger partial charge in [0.25, 0.3) is 0 Å². The average Bonchev–Trinajstić information content (AvgIpc) is 2.29. The molecule has 0 atom stereocenters. The fourth-order valence-corrected chi connectivity index (χ4v) is 1.86. The molecule has 0 N–H and O–H groups in total. The first kappa shape index (κ1) is 13.6. The summed E-state index contributed by atoms with van der Waals surface area (Å²) in [4.78, 5) is 2.32. The molecule has 17 heavy (non-hydrogen) atoms. The van der Waals surface area contributed by atoms with Crippen molar-refractivity contribution >= 4 is 5.57 Å². The van der Waals surface area contributed by atoms with E-state index >= 15 is 0 Å². The lowest BCUT2D eigenvalue weighted by Crippen LogP contribution is -2.22. The van der Waals surface area contributed by atoms with Crippen LogP contribution in [-0.4, -0.2) is 18.0 Å². The van der Waals surface area contributed by atoms with Gasteiger partial charge in [0.05, 0.1) is 0 Å². The van der Waals surface area contributed by atoms with E-state index in [1.807, 2.05) is 12.1 Å². The summed E-state index contributed by atoms with van der Waals surface area (Å²) in [7, 11) is 0. The van der Waals surface area contributed by atoms with Gasteiger partial charge in [0.1, 0.15) is 0 Å². The lowest BCUT2D eigenvalue weighted by Gasteiger charge is -2.22. The van der Waals surface area contributed by atoms with E-state index in [-0.39, 0.29) is 0 Å². The second-order valence-corrected chi connectivity index (χ2v) is 4.81. The highest BCUT2D eigenvalue weighted by Crippen LogP contribution is 2.14. The maximum Gasteiger partial charge on any atom is 0.0351 e. The number of rotatable bonds is 6. The Labute approximate surface area is 105 Å². The Kier molecular flexibility index (Phi) is 5.55. The summed E-state index contributed by atoms with van der Waals surface area (Å²) in [6.07, 6.45) is 4.19. The minimum Gasteiger partial charge on any atom is -0.373 e. The van der Waals surface area contributed by atoms with Crippen molar-refractivity contribution < 1.29 is 0 Å². The van der Waals surface area contributed by atoms with Crippen LogP contribution in [-0.2, 0) is 0 Å². The highest BCUT2D eigenvalue weighted by Gasteiger charge is 2.02. The molecule has 0 spiro atoms. The molecule has 0 amide bonds. The predicted octanol–water partition coefficient (Wildman–Crippen LogP) is 4.19. The molecule has 92 valence electrons. The number of benzene rings is 1. The summed E-state index contributed by atoms with van der Waals surface area (Å²) in [5.41, 5.74) is 2.58. The lowest BCUT2D eigenvalue weighted by atomic mass is 10.1. The van der Waals surface area contributed by atoms with Crippen LogP contribution in [0.15, 0.2) is 49.2 Å². The standard InChI is InChI=1S/C16H23N/c1-5-11-17(12-14(2)3)13-15(4)16-9-7-6-8-10-16/h5-10,13-14H,1,11-12H2,2-4H3. The molecule has 1 aromatic carbocycles. The van der Waals surface area contributed by atoms with Crippen molar-refractivity contribution in [2.75, 3.05) is 13.1 Å². The summed E-state index contributed by atoms with van der Waals surface area (Å²) in [6, 6.07) is 10.5. The number of allylic oxidation sites excluding steroid dienone is 1. The van der Waals surface area contributed by atoms with Gasteiger partial charge in [0.2, 0.25) is 0 Å². The smallest absolute Gasteiger partial charge is 0.0351 e. The molecular formula is C16H23N. The Bertz CT molecular complexity index is 362. The Morgan fingerprint density at radius 2 is 1.94 bits per heavy atom. The Hall–Kier alpha value is -1.50. The average molecular weight is 229 g/mol. The monoisotopic (exact) mass is 229 g/mol. The Balaban J connectivity index is 2.79. The van der Waals surface area contributed by atoms with Crippen LogP contribution in [0.5, 0.6) is 0 Å². The highest BCUT2D eigenvalue weighted by atomic mass is 15.1. The third-order valence-corrected chi connectivity index (χ3v) is 2.57. The van der Waals surface area contributed by atoms with Crippen LogP contribution in [0.4, 0.5) is 0 Å². The van der Waals surface area contributed by atoms with Crippen molar-refractivity contribution in [1.29, 1.82) is 0 Å². The molecule has 0 aliphatic carbocycles. The van der Waals surface area contributed by atoms with Gasteiger partial charge in [-0.05, 0) is 24.0 Å². The van der Waals surface area contributed by atoms with Crippen LogP contribution in [0.3, 0.4) is 0 Å². The van der Waals surface area contributed by atoms with E-state index in [1.54, 1.807) is 0 Å². The Morgan fingerprint density at radius 1 is 1.29 bits per heavy atom. The van der Waals surface area contributed by atoms with Crippen molar-refractivity contribution in [2.45, 2.75) is 20.8 Å². The van der Waals surface area contributed by atoms with Gasteiger partial charge in [-0.3, -0.25) is 0 Å². The molecular weight excluding hydrogens is 206 g/mol. The molecule has 0 radical (unpaired) electrons. The number of hydrogen-bond donors (Lipinski definition) is 0. The van der Waals surface area contributed by atoms with Crippen LogP contribution in [0, 0.1) is 5.92 Å². The van der Waals surface area contributed by atoms with Crippen LogP contribution < -0.4 is 0 Å². The normalized spacial score (nSPS) is 11.6. The van der Waals surface area contributed by atoms with Crippen molar-refractivity contribution in [1.82, 2.24) is 4.90 Å². The summed E-state index contributed by atoms with van der Waals surface area (Å²) in [5.74, 6) is 0.662. The van der Waals surface area contributed by atoms with Gasteiger partial charge in [-0.1, -0.05) is 50.3 Å². The second-order valence-electron chi connectivity index (χ2n) is 4.81. The van der Waals surface area contributed by atoms with Crippen LogP contribution in [0.1, 0.15) is 26.3 Å². The van der Waals surface area contributed by atoms with Gasteiger partial charge in [0.15, 0.2) is 0 Å². The summed E-state index contributed by atoms with van der Waals surface area (Å²) in [5, 5.41) is 0. The Morgan fingerprint density at radius 3 is 2.47 bits per heavy atom. The molecule has 0 saturated heterocycles. The zero-order chi connectivity index (χ0) is 12.7. The van der Waals surface area contributed by atoms with Gasteiger partial charge in [-0.2, -0.15) is 0 Å². The first-order chi connectivity index (χ1) is 8.13. The zero-order valence-electron chi connectivity index (χ0n) is 11.2. The van der Waals surface area contributed by atoms with Crippen molar-refractivity contribution in [3.63, 3.8) is 0 Å². The third kappa shape index (κ3) is 4.90. The maximum atomic E-state index is 3.82.